The average molecular weight is 426 g/mol. The highest BCUT2D eigenvalue weighted by Gasteiger charge is 2.47. The molecule has 162 valence electrons. The van der Waals surface area contributed by atoms with Gasteiger partial charge in [0.2, 0.25) is 0 Å². The van der Waals surface area contributed by atoms with E-state index in [1.807, 2.05) is 50.2 Å². The zero-order valence-corrected chi connectivity index (χ0v) is 18.5. The molecule has 0 spiro atoms. The molecule has 1 saturated heterocycles. The van der Waals surface area contributed by atoms with Crippen molar-refractivity contribution in [3.05, 3.63) is 70.4 Å². The first-order chi connectivity index (χ1) is 15.5. The Morgan fingerprint density at radius 3 is 2.75 bits per heavy atom. The lowest BCUT2D eigenvalue weighted by atomic mass is 9.95. The molecule has 5 rings (SSSR count). The fourth-order valence-corrected chi connectivity index (χ4v) is 4.31. The zero-order chi connectivity index (χ0) is 22.3. The summed E-state index contributed by atoms with van der Waals surface area (Å²) in [7, 11) is 0. The van der Waals surface area contributed by atoms with Crippen LogP contribution in [0.3, 0.4) is 0 Å². The van der Waals surface area contributed by atoms with Crippen molar-refractivity contribution in [2.45, 2.75) is 44.7 Å². The number of hydrogen-bond donors (Lipinski definition) is 2. The van der Waals surface area contributed by atoms with Gasteiger partial charge in [0.15, 0.2) is 0 Å². The van der Waals surface area contributed by atoms with Gasteiger partial charge in [-0.25, -0.2) is 0 Å². The molecule has 32 heavy (non-hydrogen) atoms. The Morgan fingerprint density at radius 2 is 2.06 bits per heavy atom. The number of terminal acetylenes is 1. The molecular formula is C27H27N3O2. The van der Waals surface area contributed by atoms with Gasteiger partial charge in [-0.1, -0.05) is 18.1 Å². The Labute approximate surface area is 188 Å². The van der Waals surface area contributed by atoms with Crippen LogP contribution in [-0.2, 0) is 5.54 Å². The number of ether oxygens (including phenoxy) is 1. The van der Waals surface area contributed by atoms with Crippen LogP contribution in [0.25, 0.3) is 10.9 Å². The maximum absolute atomic E-state index is 13.4. The molecule has 0 radical (unpaired) electrons. The number of aromatic nitrogens is 1. The van der Waals surface area contributed by atoms with Gasteiger partial charge in [-0.3, -0.25) is 9.78 Å². The number of fused-ring (bicyclic) bond motifs is 1. The number of carbonyl (C=O) groups excluding carboxylic acids is 1. The number of nitrogens with one attached hydrogen (secondary N) is 2. The molecule has 1 atom stereocenters. The van der Waals surface area contributed by atoms with Crippen molar-refractivity contribution in [1.82, 2.24) is 15.6 Å². The third-order valence-corrected chi connectivity index (χ3v) is 6.56. The van der Waals surface area contributed by atoms with Gasteiger partial charge in [0.25, 0.3) is 5.91 Å². The van der Waals surface area contributed by atoms with E-state index in [-0.39, 0.29) is 5.91 Å². The van der Waals surface area contributed by atoms with E-state index in [9.17, 15) is 4.79 Å². The van der Waals surface area contributed by atoms with Crippen molar-refractivity contribution < 1.29 is 9.53 Å². The smallest absolute Gasteiger partial charge is 0.252 e. The summed E-state index contributed by atoms with van der Waals surface area (Å²) < 4.78 is 5.91. The lowest BCUT2D eigenvalue weighted by molar-refractivity contribution is 0.0930. The second kappa shape index (κ2) is 7.96. The van der Waals surface area contributed by atoms with E-state index in [0.29, 0.717) is 18.2 Å². The molecule has 5 nitrogen and oxygen atoms in total. The molecule has 0 unspecified atom stereocenters. The summed E-state index contributed by atoms with van der Waals surface area (Å²) in [4.78, 5) is 18.0. The first kappa shape index (κ1) is 20.5. The molecule has 2 fully saturated rings. The maximum Gasteiger partial charge on any atom is 0.252 e. The third-order valence-electron chi connectivity index (χ3n) is 6.56. The number of benzene rings is 2. The Bertz CT molecular complexity index is 1250. The number of nitrogens with zero attached hydrogens (tertiary/aromatic N) is 1. The summed E-state index contributed by atoms with van der Waals surface area (Å²) in [5.41, 5.74) is 4.78. The first-order valence-corrected chi connectivity index (χ1v) is 11.2. The highest BCUT2D eigenvalue weighted by atomic mass is 16.5. The molecule has 1 aliphatic heterocycles. The lowest BCUT2D eigenvalue weighted by Gasteiger charge is -2.27. The molecular weight excluding hydrogens is 398 g/mol. The first-order valence-electron chi connectivity index (χ1n) is 11.2. The summed E-state index contributed by atoms with van der Waals surface area (Å²) in [5, 5.41) is 7.67. The van der Waals surface area contributed by atoms with Crippen LogP contribution in [0, 0.1) is 26.2 Å². The highest BCUT2D eigenvalue weighted by Crippen LogP contribution is 2.48. The Kier molecular flexibility index (Phi) is 5.11. The molecule has 1 aliphatic carbocycles. The van der Waals surface area contributed by atoms with Crippen LogP contribution < -0.4 is 15.4 Å². The molecule has 1 amide bonds. The van der Waals surface area contributed by atoms with Gasteiger partial charge in [0.1, 0.15) is 12.4 Å². The summed E-state index contributed by atoms with van der Waals surface area (Å²) in [6, 6.07) is 14.2. The third kappa shape index (κ3) is 3.83. The van der Waals surface area contributed by atoms with Gasteiger partial charge in [0, 0.05) is 28.2 Å². The summed E-state index contributed by atoms with van der Waals surface area (Å²) in [6.07, 6.45) is 8.59. The van der Waals surface area contributed by atoms with E-state index >= 15 is 0 Å². The van der Waals surface area contributed by atoms with E-state index < -0.39 is 5.54 Å². The second-order valence-electron chi connectivity index (χ2n) is 8.95. The molecule has 2 N–H and O–H groups in total. The topological polar surface area (TPSA) is 63.2 Å². The molecule has 2 aromatic carbocycles. The predicted octanol–water partition coefficient (Wildman–Crippen LogP) is 3.99. The van der Waals surface area contributed by atoms with Gasteiger partial charge in [-0.15, -0.1) is 6.42 Å². The quantitative estimate of drug-likeness (QED) is 0.586. The number of hydrogen-bond acceptors (Lipinski definition) is 4. The molecule has 1 aromatic heterocycles. The van der Waals surface area contributed by atoms with Crippen LogP contribution in [0.4, 0.5) is 0 Å². The molecule has 1 saturated carbocycles. The van der Waals surface area contributed by atoms with E-state index in [0.717, 1.165) is 64.8 Å². The fourth-order valence-electron chi connectivity index (χ4n) is 4.31. The minimum atomic E-state index is -0.418. The minimum absolute atomic E-state index is 0.0912. The average Bonchev–Trinajstić information content (AvgIpc) is 3.53. The van der Waals surface area contributed by atoms with Crippen molar-refractivity contribution in [3.8, 4) is 18.1 Å². The Balaban J connectivity index is 1.43. The summed E-state index contributed by atoms with van der Waals surface area (Å²) in [5.74, 6) is 3.37. The van der Waals surface area contributed by atoms with E-state index in [2.05, 4.69) is 27.6 Å². The van der Waals surface area contributed by atoms with Gasteiger partial charge in [0.05, 0.1) is 11.1 Å². The van der Waals surface area contributed by atoms with E-state index in [1.165, 1.54) is 0 Å². The zero-order valence-electron chi connectivity index (χ0n) is 18.5. The minimum Gasteiger partial charge on any atom is -0.492 e. The number of amides is 1. The van der Waals surface area contributed by atoms with Gasteiger partial charge in [-0.2, -0.15) is 0 Å². The number of carbonyl (C=O) groups is 1. The van der Waals surface area contributed by atoms with Gasteiger partial charge < -0.3 is 15.4 Å². The summed E-state index contributed by atoms with van der Waals surface area (Å²) in [6.45, 7) is 5.58. The van der Waals surface area contributed by atoms with Crippen molar-refractivity contribution in [1.29, 1.82) is 0 Å². The normalized spacial score (nSPS) is 18.5. The van der Waals surface area contributed by atoms with Crippen molar-refractivity contribution in [2.24, 2.45) is 0 Å². The van der Waals surface area contributed by atoms with E-state index in [1.54, 1.807) is 0 Å². The summed E-state index contributed by atoms with van der Waals surface area (Å²) >= 11 is 0. The highest BCUT2D eigenvalue weighted by molar-refractivity contribution is 5.97. The number of aryl methyl sites for hydroxylation is 2. The molecule has 0 bridgehead atoms. The van der Waals surface area contributed by atoms with Crippen LogP contribution in [0.5, 0.6) is 5.75 Å². The van der Waals surface area contributed by atoms with E-state index in [4.69, 9.17) is 11.2 Å². The predicted molar refractivity (Wildman–Crippen MR) is 126 cm³/mol. The molecule has 5 heteroatoms. The van der Waals surface area contributed by atoms with Crippen molar-refractivity contribution in [3.63, 3.8) is 0 Å². The fraction of sp³-hybridized carbons (Fsp3) is 0.333. The Morgan fingerprint density at radius 1 is 1.25 bits per heavy atom. The monoisotopic (exact) mass is 425 g/mol. The van der Waals surface area contributed by atoms with Gasteiger partial charge >= 0.3 is 0 Å². The van der Waals surface area contributed by atoms with Crippen molar-refractivity contribution >= 4 is 16.8 Å². The maximum atomic E-state index is 13.4. The van der Waals surface area contributed by atoms with Crippen molar-refractivity contribution in [2.75, 3.05) is 13.2 Å². The lowest BCUT2D eigenvalue weighted by Crippen LogP contribution is -2.46. The van der Waals surface area contributed by atoms with Crippen LogP contribution in [0.2, 0.25) is 0 Å². The van der Waals surface area contributed by atoms with Crippen LogP contribution in [0.1, 0.15) is 52.0 Å². The second-order valence-corrected chi connectivity index (χ2v) is 8.95. The largest absolute Gasteiger partial charge is 0.492 e. The molecule has 2 aliphatic rings. The molecule has 3 aromatic rings. The standard InChI is InChI=1S/C27H27N3O2/c1-4-19-13-24(22-8-6-18(3)29-25(22)14-19)27(10-11-27)30-26(31)23-15-21(7-5-17(23)2)32-16-20-9-12-28-20/h1,5-8,13-15,20,28H,9-12,16H2,2-3H3,(H,30,31)/t20-/m0/s1. The van der Waals surface area contributed by atoms with Crippen LogP contribution >= 0.6 is 0 Å². The van der Waals surface area contributed by atoms with Crippen LogP contribution in [0.15, 0.2) is 42.5 Å². The Hall–Kier alpha value is -3.36. The SMILES string of the molecule is C#Cc1cc(C2(NC(=O)c3cc(OC[C@@H]4CCN4)ccc3C)CC2)c2ccc(C)nc2c1. The molecule has 2 heterocycles. The number of rotatable bonds is 6. The number of pyridine rings is 1. The van der Waals surface area contributed by atoms with Crippen LogP contribution in [-0.4, -0.2) is 30.1 Å². The van der Waals surface area contributed by atoms with Gasteiger partial charge in [-0.05, 0) is 81.1 Å².